The number of esters is 1. The van der Waals surface area contributed by atoms with Crippen molar-refractivity contribution in [2.24, 2.45) is 0 Å². The number of nitrogens with one attached hydrogen (secondary N) is 1. The van der Waals surface area contributed by atoms with Gasteiger partial charge in [0.1, 0.15) is 0 Å². The lowest BCUT2D eigenvalue weighted by Gasteiger charge is -2.21. The smallest absolute Gasteiger partial charge is 0.333 e. The predicted octanol–water partition coefficient (Wildman–Crippen LogP) is 5.36. The molecule has 0 radical (unpaired) electrons. The Kier molecular flexibility index (Phi) is 5.95. The van der Waals surface area contributed by atoms with Crippen molar-refractivity contribution in [3.8, 4) is 0 Å². The molecule has 2 rings (SSSR count). The molecular weight excluding hydrogens is 345 g/mol. The molecule has 116 valence electrons. The number of carbonyl (C=O) groups is 1. The third-order valence-corrected chi connectivity index (χ3v) is 3.84. The summed E-state index contributed by atoms with van der Waals surface area (Å²) in [5, 5.41) is 4.41. The van der Waals surface area contributed by atoms with Crippen LogP contribution in [0.5, 0.6) is 0 Å². The van der Waals surface area contributed by atoms with Gasteiger partial charge in [0, 0.05) is 26.3 Å². The van der Waals surface area contributed by atoms with E-state index in [1.54, 1.807) is 49.4 Å². The fraction of sp³-hybridized carbons (Fsp3) is 0.188. The van der Waals surface area contributed by atoms with Crippen LogP contribution in [0.4, 0.5) is 5.69 Å². The zero-order valence-corrected chi connectivity index (χ0v) is 14.0. The quantitative estimate of drug-likeness (QED) is 0.731. The summed E-state index contributed by atoms with van der Waals surface area (Å²) in [7, 11) is 0. The fourth-order valence-corrected chi connectivity index (χ4v) is 2.81. The molecule has 0 aromatic heterocycles. The van der Waals surface area contributed by atoms with Crippen LogP contribution in [0.3, 0.4) is 0 Å². The molecule has 6 heteroatoms. The van der Waals surface area contributed by atoms with Crippen LogP contribution >= 0.6 is 34.8 Å². The van der Waals surface area contributed by atoms with Crippen LogP contribution in [0, 0.1) is 0 Å². The molecule has 2 aromatic rings. The first kappa shape index (κ1) is 16.9. The maximum absolute atomic E-state index is 12.3. The molecule has 0 spiro atoms. The van der Waals surface area contributed by atoms with Crippen molar-refractivity contribution in [1.29, 1.82) is 0 Å². The van der Waals surface area contributed by atoms with Crippen LogP contribution < -0.4 is 5.32 Å². The first-order valence-corrected chi connectivity index (χ1v) is 7.79. The number of halogens is 3. The zero-order valence-electron chi connectivity index (χ0n) is 11.8. The van der Waals surface area contributed by atoms with Crippen LogP contribution in [0.25, 0.3) is 0 Å². The molecule has 2 aromatic carbocycles. The van der Waals surface area contributed by atoms with Crippen molar-refractivity contribution in [2.75, 3.05) is 11.9 Å². The number of hydrogen-bond donors (Lipinski definition) is 1. The highest BCUT2D eigenvalue weighted by Crippen LogP contribution is 2.33. The van der Waals surface area contributed by atoms with E-state index in [2.05, 4.69) is 5.32 Å². The van der Waals surface area contributed by atoms with E-state index in [4.69, 9.17) is 39.5 Å². The Morgan fingerprint density at radius 3 is 2.36 bits per heavy atom. The average molecular weight is 359 g/mol. The molecule has 1 unspecified atom stereocenters. The molecule has 0 bridgehead atoms. The van der Waals surface area contributed by atoms with E-state index in [1.165, 1.54) is 0 Å². The van der Waals surface area contributed by atoms with E-state index in [-0.39, 0.29) is 6.61 Å². The minimum atomic E-state index is -0.820. The molecule has 22 heavy (non-hydrogen) atoms. The Hall–Kier alpha value is -1.42. The summed E-state index contributed by atoms with van der Waals surface area (Å²) in [5.74, 6) is -0.461. The number of carbonyl (C=O) groups excluding carboxylic acids is 1. The Morgan fingerprint density at radius 1 is 1.14 bits per heavy atom. The van der Waals surface area contributed by atoms with E-state index < -0.39 is 12.0 Å². The van der Waals surface area contributed by atoms with Crippen molar-refractivity contribution < 1.29 is 9.53 Å². The van der Waals surface area contributed by atoms with Crippen LogP contribution in [-0.4, -0.2) is 12.6 Å². The van der Waals surface area contributed by atoms with E-state index >= 15 is 0 Å². The van der Waals surface area contributed by atoms with Gasteiger partial charge in [-0.05, 0) is 37.3 Å². The molecule has 0 heterocycles. The lowest BCUT2D eigenvalue weighted by atomic mass is 10.1. The standard InChI is InChI=1S/C16H14Cl3NO2/c1-2-22-16(21)15(14-12(18)7-4-8-13(14)19)20-11-6-3-5-10(17)9-11/h3-9,15,20H,2H2,1H3. The molecule has 3 nitrogen and oxygen atoms in total. The van der Waals surface area contributed by atoms with Crippen molar-refractivity contribution in [1.82, 2.24) is 0 Å². The molecule has 0 saturated carbocycles. The molecular formula is C16H14Cl3NO2. The van der Waals surface area contributed by atoms with Gasteiger partial charge in [0.15, 0.2) is 6.04 Å². The second-order valence-electron chi connectivity index (χ2n) is 4.48. The predicted molar refractivity (Wildman–Crippen MR) is 90.9 cm³/mol. The van der Waals surface area contributed by atoms with Crippen molar-refractivity contribution in [3.05, 3.63) is 63.1 Å². The normalized spacial score (nSPS) is 11.8. The van der Waals surface area contributed by atoms with Crippen molar-refractivity contribution in [2.45, 2.75) is 13.0 Å². The number of anilines is 1. The molecule has 0 aliphatic heterocycles. The lowest BCUT2D eigenvalue weighted by Crippen LogP contribution is -2.24. The molecule has 0 saturated heterocycles. The van der Waals surface area contributed by atoms with Gasteiger partial charge in [-0.1, -0.05) is 46.9 Å². The van der Waals surface area contributed by atoms with E-state index in [0.717, 1.165) is 0 Å². The fourth-order valence-electron chi connectivity index (χ4n) is 2.01. The summed E-state index contributed by atoms with van der Waals surface area (Å²) in [5.41, 5.74) is 1.14. The first-order chi connectivity index (χ1) is 10.5. The highest BCUT2D eigenvalue weighted by Gasteiger charge is 2.26. The Morgan fingerprint density at radius 2 is 1.77 bits per heavy atom. The molecule has 0 aliphatic carbocycles. The highest BCUT2D eigenvalue weighted by molar-refractivity contribution is 6.36. The van der Waals surface area contributed by atoms with Gasteiger partial charge in [-0.25, -0.2) is 4.79 Å². The summed E-state index contributed by atoms with van der Waals surface area (Å²) < 4.78 is 5.12. The van der Waals surface area contributed by atoms with Gasteiger partial charge in [-0.3, -0.25) is 0 Å². The van der Waals surface area contributed by atoms with Gasteiger partial charge >= 0.3 is 5.97 Å². The molecule has 0 fully saturated rings. The second kappa shape index (κ2) is 7.73. The minimum absolute atomic E-state index is 0.259. The number of hydrogen-bond acceptors (Lipinski definition) is 3. The maximum Gasteiger partial charge on any atom is 0.333 e. The summed E-state index contributed by atoms with van der Waals surface area (Å²) >= 11 is 18.4. The third kappa shape index (κ3) is 4.07. The van der Waals surface area contributed by atoms with Gasteiger partial charge in [0.05, 0.1) is 6.61 Å². The average Bonchev–Trinajstić information content (AvgIpc) is 2.46. The topological polar surface area (TPSA) is 38.3 Å². The number of rotatable bonds is 5. The van der Waals surface area contributed by atoms with Gasteiger partial charge in [0.25, 0.3) is 0 Å². The molecule has 0 aliphatic rings. The van der Waals surface area contributed by atoms with Crippen LogP contribution in [0.15, 0.2) is 42.5 Å². The van der Waals surface area contributed by atoms with E-state index in [9.17, 15) is 4.79 Å². The van der Waals surface area contributed by atoms with E-state index in [1.807, 2.05) is 0 Å². The van der Waals surface area contributed by atoms with E-state index in [0.29, 0.717) is 26.3 Å². The van der Waals surface area contributed by atoms with Crippen LogP contribution in [0.2, 0.25) is 15.1 Å². The zero-order chi connectivity index (χ0) is 16.1. The third-order valence-electron chi connectivity index (χ3n) is 2.95. The highest BCUT2D eigenvalue weighted by atomic mass is 35.5. The number of benzene rings is 2. The minimum Gasteiger partial charge on any atom is -0.464 e. The van der Waals surface area contributed by atoms with Gasteiger partial charge in [-0.2, -0.15) is 0 Å². The summed E-state index contributed by atoms with van der Waals surface area (Å²) in [4.78, 5) is 12.3. The summed E-state index contributed by atoms with van der Waals surface area (Å²) in [6, 6.07) is 11.3. The van der Waals surface area contributed by atoms with Gasteiger partial charge in [0.2, 0.25) is 0 Å². The van der Waals surface area contributed by atoms with Gasteiger partial charge in [-0.15, -0.1) is 0 Å². The van der Waals surface area contributed by atoms with Gasteiger partial charge < -0.3 is 10.1 Å². The Balaban J connectivity index is 2.41. The molecule has 1 atom stereocenters. The largest absolute Gasteiger partial charge is 0.464 e. The SMILES string of the molecule is CCOC(=O)C(Nc1cccc(Cl)c1)c1c(Cl)cccc1Cl. The Labute approximate surface area is 144 Å². The second-order valence-corrected chi connectivity index (χ2v) is 5.73. The summed E-state index contributed by atoms with van der Waals surface area (Å²) in [6.45, 7) is 2.00. The van der Waals surface area contributed by atoms with Crippen molar-refractivity contribution >= 4 is 46.5 Å². The Bertz CT molecular complexity index is 656. The first-order valence-electron chi connectivity index (χ1n) is 6.65. The monoisotopic (exact) mass is 357 g/mol. The molecule has 0 amide bonds. The summed E-state index contributed by atoms with van der Waals surface area (Å²) in [6.07, 6.45) is 0. The van der Waals surface area contributed by atoms with Crippen molar-refractivity contribution in [3.63, 3.8) is 0 Å². The number of ether oxygens (including phenoxy) is 1. The lowest BCUT2D eigenvalue weighted by molar-refractivity contribution is -0.144. The molecule has 1 N–H and O–H groups in total. The maximum atomic E-state index is 12.3. The van der Waals surface area contributed by atoms with Crippen LogP contribution in [-0.2, 0) is 9.53 Å². The van der Waals surface area contributed by atoms with Crippen LogP contribution in [0.1, 0.15) is 18.5 Å².